The topological polar surface area (TPSA) is 107 Å². The van der Waals surface area contributed by atoms with Crippen molar-refractivity contribution in [1.29, 1.82) is 0 Å². The molecule has 0 amide bonds. The van der Waals surface area contributed by atoms with E-state index in [0.29, 0.717) is 17.3 Å². The molecule has 2 heterocycles. The summed E-state index contributed by atoms with van der Waals surface area (Å²) in [6, 6.07) is 19.2. The second-order valence-corrected chi connectivity index (χ2v) is 6.50. The summed E-state index contributed by atoms with van der Waals surface area (Å²) in [6.07, 6.45) is 1.64. The summed E-state index contributed by atoms with van der Waals surface area (Å²) >= 11 is 0. The van der Waals surface area contributed by atoms with E-state index in [1.165, 1.54) is 12.1 Å². The summed E-state index contributed by atoms with van der Waals surface area (Å²) in [5.41, 5.74) is 1.67. The molecule has 8 nitrogen and oxygen atoms in total. The third kappa shape index (κ3) is 4.07. The van der Waals surface area contributed by atoms with E-state index in [1.54, 1.807) is 18.4 Å². The van der Waals surface area contributed by atoms with Gasteiger partial charge in [0.05, 0.1) is 23.3 Å². The molecule has 0 aliphatic rings. The van der Waals surface area contributed by atoms with Crippen LogP contribution >= 0.6 is 0 Å². The van der Waals surface area contributed by atoms with Gasteiger partial charge in [0.2, 0.25) is 11.8 Å². The van der Waals surface area contributed by atoms with Crippen molar-refractivity contribution in [2.24, 2.45) is 0 Å². The normalized spacial score (nSPS) is 13.1. The van der Waals surface area contributed by atoms with Gasteiger partial charge in [-0.15, -0.1) is 10.2 Å². The first kappa shape index (κ1) is 18.6. The van der Waals surface area contributed by atoms with Gasteiger partial charge < -0.3 is 8.83 Å². The minimum atomic E-state index is -0.451. The summed E-state index contributed by atoms with van der Waals surface area (Å²) in [6.45, 7) is 1.92. The molecule has 0 spiro atoms. The molecule has 8 heteroatoms. The molecule has 0 radical (unpaired) electrons. The number of nitro benzene ring substituents is 1. The second-order valence-electron chi connectivity index (χ2n) is 6.50. The second kappa shape index (κ2) is 8.07. The molecule has 2 aromatic carbocycles. The molecule has 2 aromatic heterocycles. The average molecular weight is 390 g/mol. The minimum Gasteiger partial charge on any atom is -0.467 e. The first-order valence-electron chi connectivity index (χ1n) is 9.04. The number of hydrogen-bond acceptors (Lipinski definition) is 7. The number of nitrogens with zero attached hydrogens (tertiary/aromatic N) is 3. The van der Waals surface area contributed by atoms with E-state index in [1.807, 2.05) is 49.4 Å². The highest BCUT2D eigenvalue weighted by atomic mass is 16.6. The predicted molar refractivity (Wildman–Crippen MR) is 105 cm³/mol. The zero-order chi connectivity index (χ0) is 20.2. The zero-order valence-electron chi connectivity index (χ0n) is 15.6. The molecule has 0 fully saturated rings. The van der Waals surface area contributed by atoms with Gasteiger partial charge in [0, 0.05) is 17.7 Å². The van der Waals surface area contributed by atoms with E-state index in [0.717, 1.165) is 11.3 Å². The zero-order valence-corrected chi connectivity index (χ0v) is 15.6. The highest BCUT2D eigenvalue weighted by Crippen LogP contribution is 2.27. The Balaban J connectivity index is 1.55. The van der Waals surface area contributed by atoms with Gasteiger partial charge in [-0.05, 0) is 36.8 Å². The Morgan fingerprint density at radius 2 is 1.76 bits per heavy atom. The van der Waals surface area contributed by atoms with Crippen LogP contribution in [-0.2, 0) is 0 Å². The van der Waals surface area contributed by atoms with Gasteiger partial charge in [-0.2, -0.15) is 0 Å². The van der Waals surface area contributed by atoms with Crippen LogP contribution in [0.15, 0.2) is 81.8 Å². The largest absolute Gasteiger partial charge is 0.467 e. The van der Waals surface area contributed by atoms with Crippen LogP contribution in [0.1, 0.15) is 36.2 Å². The summed E-state index contributed by atoms with van der Waals surface area (Å²) in [5.74, 6) is 1.49. The van der Waals surface area contributed by atoms with Gasteiger partial charge in [0.15, 0.2) is 0 Å². The number of furan rings is 1. The summed E-state index contributed by atoms with van der Waals surface area (Å²) in [5, 5.41) is 22.5. The standard InChI is InChI=1S/C21H18N4O4/c1-14(22-19(18-8-5-13-28-18)15-6-3-2-4-7-15)20-23-24-21(29-20)16-9-11-17(12-10-16)25(26)27/h2-14,19,22H,1H3/t14-,19-/m1/s1. The maximum Gasteiger partial charge on any atom is 0.269 e. The van der Waals surface area contributed by atoms with Crippen molar-refractivity contribution in [2.45, 2.75) is 19.0 Å². The summed E-state index contributed by atoms with van der Waals surface area (Å²) in [7, 11) is 0. The maximum absolute atomic E-state index is 10.8. The highest BCUT2D eigenvalue weighted by Gasteiger charge is 2.23. The lowest BCUT2D eigenvalue weighted by molar-refractivity contribution is -0.384. The van der Waals surface area contributed by atoms with E-state index in [2.05, 4.69) is 15.5 Å². The van der Waals surface area contributed by atoms with Crippen LogP contribution in [0.5, 0.6) is 0 Å². The lowest BCUT2D eigenvalue weighted by Gasteiger charge is -2.20. The number of hydrogen-bond donors (Lipinski definition) is 1. The molecular formula is C21H18N4O4. The van der Waals surface area contributed by atoms with Crippen molar-refractivity contribution in [3.8, 4) is 11.5 Å². The molecule has 29 heavy (non-hydrogen) atoms. The molecule has 2 atom stereocenters. The Bertz CT molecular complexity index is 1080. The molecule has 0 saturated carbocycles. The highest BCUT2D eigenvalue weighted by molar-refractivity contribution is 5.55. The van der Waals surface area contributed by atoms with Crippen LogP contribution in [0.25, 0.3) is 11.5 Å². The number of nitro groups is 1. The molecule has 146 valence electrons. The molecule has 0 unspecified atom stereocenters. The van der Waals surface area contributed by atoms with Gasteiger partial charge in [-0.25, -0.2) is 0 Å². The Morgan fingerprint density at radius 1 is 1.00 bits per heavy atom. The van der Waals surface area contributed by atoms with Gasteiger partial charge in [0.1, 0.15) is 5.76 Å². The lowest BCUT2D eigenvalue weighted by Crippen LogP contribution is -2.25. The summed E-state index contributed by atoms with van der Waals surface area (Å²) < 4.78 is 11.4. The Labute approximate surface area is 166 Å². The van der Waals surface area contributed by atoms with Crippen molar-refractivity contribution in [2.75, 3.05) is 0 Å². The SMILES string of the molecule is C[C@@H](N[C@H](c1ccccc1)c1ccco1)c1nnc(-c2ccc([N+](=O)[O-])cc2)o1. The fourth-order valence-corrected chi connectivity index (χ4v) is 3.02. The van der Waals surface area contributed by atoms with E-state index in [4.69, 9.17) is 8.83 Å². The fourth-order valence-electron chi connectivity index (χ4n) is 3.02. The molecule has 4 rings (SSSR count). The van der Waals surface area contributed by atoms with Gasteiger partial charge in [-0.1, -0.05) is 30.3 Å². The van der Waals surface area contributed by atoms with Crippen molar-refractivity contribution in [1.82, 2.24) is 15.5 Å². The number of rotatable bonds is 7. The van der Waals surface area contributed by atoms with Crippen LogP contribution in [0.3, 0.4) is 0 Å². The van der Waals surface area contributed by atoms with Crippen LogP contribution in [0.2, 0.25) is 0 Å². The van der Waals surface area contributed by atoms with Gasteiger partial charge in [0.25, 0.3) is 5.69 Å². The van der Waals surface area contributed by atoms with Crippen molar-refractivity contribution in [3.63, 3.8) is 0 Å². The molecule has 0 saturated heterocycles. The molecular weight excluding hydrogens is 372 g/mol. The Kier molecular flexibility index (Phi) is 5.17. The quantitative estimate of drug-likeness (QED) is 0.361. The average Bonchev–Trinajstić information content (AvgIpc) is 3.45. The molecule has 4 aromatic rings. The van der Waals surface area contributed by atoms with E-state index >= 15 is 0 Å². The van der Waals surface area contributed by atoms with E-state index in [9.17, 15) is 10.1 Å². The Hall–Kier alpha value is -3.78. The van der Waals surface area contributed by atoms with Crippen LogP contribution < -0.4 is 5.32 Å². The summed E-state index contributed by atoms with van der Waals surface area (Å²) in [4.78, 5) is 10.3. The lowest BCUT2D eigenvalue weighted by atomic mass is 10.0. The third-order valence-electron chi connectivity index (χ3n) is 4.51. The van der Waals surface area contributed by atoms with Crippen LogP contribution in [0.4, 0.5) is 5.69 Å². The maximum atomic E-state index is 10.8. The number of nitrogens with one attached hydrogen (secondary N) is 1. The third-order valence-corrected chi connectivity index (χ3v) is 4.51. The van der Waals surface area contributed by atoms with Crippen molar-refractivity contribution >= 4 is 5.69 Å². The smallest absolute Gasteiger partial charge is 0.269 e. The molecule has 0 bridgehead atoms. The minimum absolute atomic E-state index is 0.00711. The fraction of sp³-hybridized carbons (Fsp3) is 0.143. The van der Waals surface area contributed by atoms with Gasteiger partial charge >= 0.3 is 0 Å². The van der Waals surface area contributed by atoms with E-state index < -0.39 is 4.92 Å². The van der Waals surface area contributed by atoms with Crippen LogP contribution in [0, 0.1) is 10.1 Å². The molecule has 1 N–H and O–H groups in total. The first-order chi connectivity index (χ1) is 14.1. The van der Waals surface area contributed by atoms with Crippen molar-refractivity contribution in [3.05, 3.63) is 100 Å². The van der Waals surface area contributed by atoms with Gasteiger partial charge in [-0.3, -0.25) is 15.4 Å². The van der Waals surface area contributed by atoms with Crippen LogP contribution in [-0.4, -0.2) is 15.1 Å². The number of non-ortho nitro benzene ring substituents is 1. The monoisotopic (exact) mass is 390 g/mol. The number of aromatic nitrogens is 2. The Morgan fingerprint density at radius 3 is 2.41 bits per heavy atom. The van der Waals surface area contributed by atoms with E-state index in [-0.39, 0.29) is 17.8 Å². The number of benzene rings is 2. The first-order valence-corrected chi connectivity index (χ1v) is 9.04. The van der Waals surface area contributed by atoms with Crippen molar-refractivity contribution < 1.29 is 13.8 Å². The molecule has 0 aliphatic heterocycles. The molecule has 0 aliphatic carbocycles. The predicted octanol–water partition coefficient (Wildman–Crippen LogP) is 4.68.